The molecule has 1 aliphatic heterocycles. The molecule has 0 N–H and O–H groups in total. The summed E-state index contributed by atoms with van der Waals surface area (Å²) < 4.78 is 45.5. The van der Waals surface area contributed by atoms with Crippen molar-refractivity contribution in [3.05, 3.63) is 29.8 Å². The Morgan fingerprint density at radius 1 is 1.22 bits per heavy atom. The highest BCUT2D eigenvalue weighted by molar-refractivity contribution is 6.07. The maximum atomic E-state index is 12.2. The van der Waals surface area contributed by atoms with Crippen LogP contribution in [-0.2, 0) is 14.3 Å². The average molecular weight is 331 g/mol. The number of nitrogens with zero attached hydrogens (tertiary/aromatic N) is 1. The first-order valence-corrected chi connectivity index (χ1v) is 6.51. The van der Waals surface area contributed by atoms with Gasteiger partial charge in [-0.3, -0.25) is 14.5 Å². The Morgan fingerprint density at radius 3 is 2.35 bits per heavy atom. The van der Waals surface area contributed by atoms with Crippen LogP contribution in [-0.4, -0.2) is 48.6 Å². The molecule has 0 spiro atoms. The Hall–Kier alpha value is -2.58. The molecule has 2 rings (SSSR count). The van der Waals surface area contributed by atoms with E-state index in [0.29, 0.717) is 5.75 Å². The molecule has 0 bridgehead atoms. The third-order valence-corrected chi connectivity index (χ3v) is 3.22. The second kappa shape index (κ2) is 6.27. The van der Waals surface area contributed by atoms with Gasteiger partial charge in [-0.25, -0.2) is 4.79 Å². The number of halogens is 3. The molecule has 1 aromatic rings. The summed E-state index contributed by atoms with van der Waals surface area (Å²) in [5.74, 6) is -3.59. The summed E-state index contributed by atoms with van der Waals surface area (Å²) in [5, 5.41) is 0. The van der Waals surface area contributed by atoms with E-state index in [9.17, 15) is 27.6 Å². The molecule has 0 unspecified atom stereocenters. The van der Waals surface area contributed by atoms with E-state index in [-0.39, 0.29) is 18.5 Å². The number of carbonyl (C=O) groups is 3. The molecule has 1 aromatic carbocycles. The summed E-state index contributed by atoms with van der Waals surface area (Å²) in [6, 6.07) is 5.86. The largest absolute Gasteiger partial charge is 0.497 e. The third kappa shape index (κ3) is 3.61. The van der Waals surface area contributed by atoms with Crippen molar-refractivity contribution < 1.29 is 37.0 Å². The second-order valence-electron chi connectivity index (χ2n) is 4.70. The number of alkyl halides is 3. The molecule has 9 heteroatoms. The van der Waals surface area contributed by atoms with E-state index in [2.05, 4.69) is 4.74 Å². The summed E-state index contributed by atoms with van der Waals surface area (Å²) in [5.41, 5.74) is 0.168. The number of ether oxygens (including phenoxy) is 2. The summed E-state index contributed by atoms with van der Waals surface area (Å²) in [6.45, 7) is -0.125. The van der Waals surface area contributed by atoms with Crippen molar-refractivity contribution >= 4 is 17.8 Å². The molecule has 0 radical (unpaired) electrons. The lowest BCUT2D eigenvalue weighted by atomic mass is 10.2. The highest BCUT2D eigenvalue weighted by Crippen LogP contribution is 2.23. The predicted molar refractivity (Wildman–Crippen MR) is 69.6 cm³/mol. The summed E-state index contributed by atoms with van der Waals surface area (Å²) >= 11 is 0. The van der Waals surface area contributed by atoms with Gasteiger partial charge in [0.15, 0.2) is 6.10 Å². The average Bonchev–Trinajstić information content (AvgIpc) is 2.87. The molecule has 0 aliphatic carbocycles. The van der Waals surface area contributed by atoms with Crippen LogP contribution >= 0.6 is 0 Å². The van der Waals surface area contributed by atoms with Gasteiger partial charge in [-0.15, -0.1) is 0 Å². The zero-order valence-corrected chi connectivity index (χ0v) is 11.9. The Kier molecular flexibility index (Phi) is 4.57. The molecule has 0 saturated carbocycles. The molecule has 1 aliphatic rings. The van der Waals surface area contributed by atoms with Gasteiger partial charge in [-0.2, -0.15) is 13.2 Å². The fraction of sp³-hybridized carbons (Fsp3) is 0.357. The first kappa shape index (κ1) is 16.8. The lowest BCUT2D eigenvalue weighted by Crippen LogP contribution is -2.38. The minimum atomic E-state index is -5.19. The van der Waals surface area contributed by atoms with Crippen molar-refractivity contribution in [2.45, 2.75) is 18.7 Å². The molecule has 23 heavy (non-hydrogen) atoms. The fourth-order valence-electron chi connectivity index (χ4n) is 2.05. The van der Waals surface area contributed by atoms with E-state index < -0.39 is 30.1 Å². The molecular formula is C14H12F3NO5. The first-order chi connectivity index (χ1) is 10.7. The van der Waals surface area contributed by atoms with Crippen molar-refractivity contribution in [1.82, 2.24) is 4.90 Å². The number of carbonyl (C=O) groups excluding carboxylic acids is 3. The molecule has 1 saturated heterocycles. The van der Waals surface area contributed by atoms with Gasteiger partial charge in [0.1, 0.15) is 5.75 Å². The van der Waals surface area contributed by atoms with Gasteiger partial charge in [0.2, 0.25) is 0 Å². The van der Waals surface area contributed by atoms with Crippen molar-refractivity contribution in [3.8, 4) is 5.75 Å². The monoisotopic (exact) mass is 331 g/mol. The highest BCUT2D eigenvalue weighted by atomic mass is 19.4. The van der Waals surface area contributed by atoms with Crippen LogP contribution in [0.2, 0.25) is 0 Å². The van der Waals surface area contributed by atoms with Gasteiger partial charge in [0, 0.05) is 18.5 Å². The number of rotatable bonds is 3. The number of hydrogen-bond acceptors (Lipinski definition) is 5. The van der Waals surface area contributed by atoms with Crippen LogP contribution in [0.5, 0.6) is 5.75 Å². The van der Waals surface area contributed by atoms with Crippen LogP contribution in [0.1, 0.15) is 16.8 Å². The standard InChI is InChI=1S/C14H12F3NO5/c1-22-9-4-2-8(3-5-9)11(19)18-7-6-10(12(18)20)23-13(21)14(15,16)17/h2-5,10H,6-7H2,1H3/t10-/m1/s1. The van der Waals surface area contributed by atoms with E-state index >= 15 is 0 Å². The number of esters is 1. The molecule has 0 aromatic heterocycles. The quantitative estimate of drug-likeness (QED) is 0.620. The smallest absolute Gasteiger partial charge is 0.490 e. The summed E-state index contributed by atoms with van der Waals surface area (Å²) in [4.78, 5) is 35.7. The van der Waals surface area contributed by atoms with E-state index in [0.717, 1.165) is 4.90 Å². The first-order valence-electron chi connectivity index (χ1n) is 6.51. The van der Waals surface area contributed by atoms with Crippen molar-refractivity contribution in [2.24, 2.45) is 0 Å². The van der Waals surface area contributed by atoms with E-state index in [1.807, 2.05) is 0 Å². The van der Waals surface area contributed by atoms with Gasteiger partial charge in [0.05, 0.1) is 7.11 Å². The minimum absolute atomic E-state index is 0.125. The molecule has 124 valence electrons. The topological polar surface area (TPSA) is 72.9 Å². The Morgan fingerprint density at radius 2 is 1.83 bits per heavy atom. The van der Waals surface area contributed by atoms with Crippen LogP contribution in [0.3, 0.4) is 0 Å². The maximum absolute atomic E-state index is 12.2. The SMILES string of the molecule is COc1ccc(C(=O)N2CC[C@@H](OC(=O)C(F)(F)F)C2=O)cc1. The minimum Gasteiger partial charge on any atom is -0.497 e. The van der Waals surface area contributed by atoms with Crippen molar-refractivity contribution in [3.63, 3.8) is 0 Å². The zero-order valence-electron chi connectivity index (χ0n) is 11.9. The van der Waals surface area contributed by atoms with E-state index in [4.69, 9.17) is 4.74 Å². The van der Waals surface area contributed by atoms with Gasteiger partial charge in [-0.1, -0.05) is 0 Å². The van der Waals surface area contributed by atoms with Crippen LogP contribution in [0, 0.1) is 0 Å². The normalized spacial score (nSPS) is 18.0. The van der Waals surface area contributed by atoms with Crippen LogP contribution in [0.4, 0.5) is 13.2 Å². The Bertz CT molecular complexity index is 626. The molecule has 1 heterocycles. The third-order valence-electron chi connectivity index (χ3n) is 3.22. The van der Waals surface area contributed by atoms with E-state index in [1.165, 1.54) is 31.4 Å². The maximum Gasteiger partial charge on any atom is 0.490 e. The Labute approximate surface area is 128 Å². The number of benzene rings is 1. The Balaban J connectivity index is 2.06. The number of methoxy groups -OCH3 is 1. The number of amides is 2. The number of imide groups is 1. The second-order valence-corrected chi connectivity index (χ2v) is 4.70. The van der Waals surface area contributed by atoms with Crippen molar-refractivity contribution in [1.29, 1.82) is 0 Å². The molecule has 2 amide bonds. The fourth-order valence-corrected chi connectivity index (χ4v) is 2.05. The molecule has 1 atom stereocenters. The predicted octanol–water partition coefficient (Wildman–Crippen LogP) is 1.54. The lowest BCUT2D eigenvalue weighted by Gasteiger charge is -2.15. The van der Waals surface area contributed by atoms with Crippen LogP contribution in [0.15, 0.2) is 24.3 Å². The lowest BCUT2D eigenvalue weighted by molar-refractivity contribution is -0.204. The molecule has 6 nitrogen and oxygen atoms in total. The number of hydrogen-bond donors (Lipinski definition) is 0. The van der Waals surface area contributed by atoms with Crippen molar-refractivity contribution in [2.75, 3.05) is 13.7 Å². The number of likely N-dealkylation sites (tertiary alicyclic amines) is 1. The summed E-state index contributed by atoms with van der Waals surface area (Å²) in [7, 11) is 1.44. The zero-order chi connectivity index (χ0) is 17.2. The van der Waals surface area contributed by atoms with Gasteiger partial charge in [0.25, 0.3) is 11.8 Å². The van der Waals surface area contributed by atoms with Gasteiger partial charge >= 0.3 is 12.1 Å². The highest BCUT2D eigenvalue weighted by Gasteiger charge is 2.46. The van der Waals surface area contributed by atoms with Crippen LogP contribution in [0.25, 0.3) is 0 Å². The van der Waals surface area contributed by atoms with Gasteiger partial charge < -0.3 is 9.47 Å². The molecular weight excluding hydrogens is 319 g/mol. The summed E-state index contributed by atoms with van der Waals surface area (Å²) in [6.07, 6.45) is -6.97. The van der Waals surface area contributed by atoms with E-state index in [1.54, 1.807) is 0 Å². The van der Waals surface area contributed by atoms with Crippen LogP contribution < -0.4 is 4.74 Å². The van der Waals surface area contributed by atoms with Gasteiger partial charge in [-0.05, 0) is 24.3 Å². The molecule has 1 fully saturated rings.